The van der Waals surface area contributed by atoms with Crippen LogP contribution in [-0.2, 0) is 10.5 Å². The minimum Gasteiger partial charge on any atom is -0.399 e. The molecule has 0 radical (unpaired) electrons. The fourth-order valence-corrected chi connectivity index (χ4v) is 2.44. The maximum Gasteiger partial charge on any atom is 0.0603 e. The second kappa shape index (κ2) is 5.39. The predicted molar refractivity (Wildman–Crippen MR) is 64.5 cm³/mol. The third kappa shape index (κ3) is 3.41. The van der Waals surface area contributed by atoms with Crippen molar-refractivity contribution in [1.82, 2.24) is 4.31 Å². The van der Waals surface area contributed by atoms with Crippen LogP contribution < -0.4 is 5.73 Å². The van der Waals surface area contributed by atoms with Crippen LogP contribution in [0.4, 0.5) is 5.69 Å². The van der Waals surface area contributed by atoms with E-state index in [-0.39, 0.29) is 0 Å². The van der Waals surface area contributed by atoms with Crippen LogP contribution in [0.25, 0.3) is 0 Å². The molecule has 0 amide bonds. The molecule has 0 aliphatic carbocycles. The summed E-state index contributed by atoms with van der Waals surface area (Å²) in [6.07, 6.45) is 0. The third-order valence-electron chi connectivity index (χ3n) is 2.33. The molecule has 15 heavy (non-hydrogen) atoms. The number of rotatable bonds is 3. The lowest BCUT2D eigenvalue weighted by Gasteiger charge is -2.25. The Morgan fingerprint density at radius 2 is 2.13 bits per heavy atom. The van der Waals surface area contributed by atoms with Gasteiger partial charge < -0.3 is 10.5 Å². The fraction of sp³-hybridized carbons (Fsp3) is 0.455. The van der Waals surface area contributed by atoms with Crippen molar-refractivity contribution < 1.29 is 4.74 Å². The van der Waals surface area contributed by atoms with Crippen LogP contribution in [0.15, 0.2) is 24.3 Å². The SMILES string of the molecule is Nc1cccc(CSN2CCOCC2)c1. The Hall–Kier alpha value is -0.710. The topological polar surface area (TPSA) is 38.5 Å². The van der Waals surface area contributed by atoms with Crippen molar-refractivity contribution in [3.63, 3.8) is 0 Å². The number of nitrogen functional groups attached to an aromatic ring is 1. The fourth-order valence-electron chi connectivity index (χ4n) is 1.52. The van der Waals surface area contributed by atoms with E-state index in [1.807, 2.05) is 30.1 Å². The van der Waals surface area contributed by atoms with E-state index in [9.17, 15) is 0 Å². The zero-order valence-electron chi connectivity index (χ0n) is 8.69. The molecule has 0 unspecified atom stereocenters. The number of morpholine rings is 1. The monoisotopic (exact) mass is 224 g/mol. The average molecular weight is 224 g/mol. The molecular formula is C11H16N2OS. The normalized spacial score (nSPS) is 17.9. The molecular weight excluding hydrogens is 208 g/mol. The van der Waals surface area contributed by atoms with Gasteiger partial charge in [0.1, 0.15) is 0 Å². The minimum atomic E-state index is 0.843. The lowest BCUT2D eigenvalue weighted by Crippen LogP contribution is -2.31. The summed E-state index contributed by atoms with van der Waals surface area (Å²) in [7, 11) is 0. The number of hydrogen-bond donors (Lipinski definition) is 1. The van der Waals surface area contributed by atoms with Gasteiger partial charge in [0.05, 0.1) is 13.2 Å². The van der Waals surface area contributed by atoms with Gasteiger partial charge in [-0.25, -0.2) is 4.31 Å². The van der Waals surface area contributed by atoms with Crippen molar-refractivity contribution in [2.24, 2.45) is 0 Å². The summed E-state index contributed by atoms with van der Waals surface area (Å²) >= 11 is 1.86. The van der Waals surface area contributed by atoms with E-state index < -0.39 is 0 Å². The Labute approximate surface area is 94.7 Å². The highest BCUT2D eigenvalue weighted by Gasteiger charge is 2.10. The van der Waals surface area contributed by atoms with E-state index in [1.165, 1.54) is 5.56 Å². The third-order valence-corrected chi connectivity index (χ3v) is 3.53. The van der Waals surface area contributed by atoms with Crippen LogP contribution >= 0.6 is 11.9 Å². The molecule has 1 saturated heterocycles. The molecule has 0 saturated carbocycles. The van der Waals surface area contributed by atoms with Gasteiger partial charge in [0.15, 0.2) is 0 Å². The van der Waals surface area contributed by atoms with Crippen LogP contribution in [0.2, 0.25) is 0 Å². The van der Waals surface area contributed by atoms with E-state index >= 15 is 0 Å². The van der Waals surface area contributed by atoms with Gasteiger partial charge in [-0.05, 0) is 17.7 Å². The summed E-state index contributed by atoms with van der Waals surface area (Å²) < 4.78 is 7.65. The summed E-state index contributed by atoms with van der Waals surface area (Å²) in [5.41, 5.74) is 7.85. The maximum absolute atomic E-state index is 5.72. The molecule has 1 fully saturated rings. The molecule has 2 N–H and O–H groups in total. The van der Waals surface area contributed by atoms with Crippen LogP contribution in [0.5, 0.6) is 0 Å². The van der Waals surface area contributed by atoms with Gasteiger partial charge in [-0.1, -0.05) is 24.1 Å². The number of hydrogen-bond acceptors (Lipinski definition) is 4. The molecule has 1 aliphatic heterocycles. The van der Waals surface area contributed by atoms with Crippen molar-refractivity contribution >= 4 is 17.6 Å². The van der Waals surface area contributed by atoms with Gasteiger partial charge in [0.25, 0.3) is 0 Å². The molecule has 1 heterocycles. The van der Waals surface area contributed by atoms with Gasteiger partial charge in [-0.3, -0.25) is 0 Å². The first kappa shape index (κ1) is 10.8. The predicted octanol–water partition coefficient (Wildman–Crippen LogP) is 1.75. The van der Waals surface area contributed by atoms with Crippen molar-refractivity contribution in [2.45, 2.75) is 5.75 Å². The molecule has 0 bridgehead atoms. The molecule has 4 heteroatoms. The van der Waals surface area contributed by atoms with Crippen molar-refractivity contribution in [3.05, 3.63) is 29.8 Å². The summed E-state index contributed by atoms with van der Waals surface area (Å²) in [5.74, 6) is 0.991. The number of anilines is 1. The molecule has 2 rings (SSSR count). The maximum atomic E-state index is 5.72. The lowest BCUT2D eigenvalue weighted by molar-refractivity contribution is 0.0773. The van der Waals surface area contributed by atoms with Gasteiger partial charge in [-0.2, -0.15) is 0 Å². The Bertz CT molecular complexity index is 313. The molecule has 1 aromatic carbocycles. The summed E-state index contributed by atoms with van der Waals surface area (Å²) in [6.45, 7) is 3.74. The highest BCUT2D eigenvalue weighted by molar-refractivity contribution is 7.96. The largest absolute Gasteiger partial charge is 0.399 e. The van der Waals surface area contributed by atoms with Crippen LogP contribution in [0.3, 0.4) is 0 Å². The molecule has 1 aromatic rings. The summed E-state index contributed by atoms with van der Waals surface area (Å²) in [6, 6.07) is 8.07. The van der Waals surface area contributed by atoms with Crippen LogP contribution in [-0.4, -0.2) is 30.6 Å². The Morgan fingerprint density at radius 3 is 2.87 bits per heavy atom. The van der Waals surface area contributed by atoms with E-state index in [1.54, 1.807) is 0 Å². The van der Waals surface area contributed by atoms with Crippen LogP contribution in [0.1, 0.15) is 5.56 Å². The van der Waals surface area contributed by atoms with Gasteiger partial charge in [0, 0.05) is 24.5 Å². The van der Waals surface area contributed by atoms with E-state index in [0.29, 0.717) is 0 Å². The lowest BCUT2D eigenvalue weighted by atomic mass is 10.2. The summed E-state index contributed by atoms with van der Waals surface area (Å²) in [4.78, 5) is 0. The Balaban J connectivity index is 1.81. The number of nitrogens with two attached hydrogens (primary N) is 1. The zero-order chi connectivity index (χ0) is 10.5. The van der Waals surface area contributed by atoms with Crippen molar-refractivity contribution in [2.75, 3.05) is 32.0 Å². The Kier molecular flexibility index (Phi) is 3.88. The molecule has 1 aliphatic rings. The average Bonchev–Trinajstić information content (AvgIpc) is 2.28. The smallest absolute Gasteiger partial charge is 0.0603 e. The number of ether oxygens (including phenoxy) is 1. The van der Waals surface area contributed by atoms with Gasteiger partial charge in [0.2, 0.25) is 0 Å². The quantitative estimate of drug-likeness (QED) is 0.627. The van der Waals surface area contributed by atoms with Gasteiger partial charge in [-0.15, -0.1) is 0 Å². The highest BCUT2D eigenvalue weighted by Crippen LogP contribution is 2.19. The first-order valence-corrected chi connectivity index (χ1v) is 6.09. The number of nitrogens with zero attached hydrogens (tertiary/aromatic N) is 1. The standard InChI is InChI=1S/C11H16N2OS/c12-11-3-1-2-10(8-11)9-15-13-4-6-14-7-5-13/h1-3,8H,4-7,9,12H2. The molecule has 82 valence electrons. The first-order valence-electron chi connectivity index (χ1n) is 5.14. The molecule has 3 nitrogen and oxygen atoms in total. The molecule has 0 aromatic heterocycles. The first-order chi connectivity index (χ1) is 7.34. The van der Waals surface area contributed by atoms with Crippen molar-refractivity contribution in [3.8, 4) is 0 Å². The van der Waals surface area contributed by atoms with Crippen LogP contribution in [0, 0.1) is 0 Å². The summed E-state index contributed by atoms with van der Waals surface area (Å²) in [5, 5.41) is 0. The molecule has 0 atom stereocenters. The minimum absolute atomic E-state index is 0.843. The van der Waals surface area contributed by atoms with Crippen molar-refractivity contribution in [1.29, 1.82) is 0 Å². The molecule has 0 spiro atoms. The highest BCUT2D eigenvalue weighted by atomic mass is 32.2. The number of benzene rings is 1. The zero-order valence-corrected chi connectivity index (χ0v) is 9.50. The second-order valence-corrected chi connectivity index (χ2v) is 4.62. The van der Waals surface area contributed by atoms with E-state index in [0.717, 1.165) is 37.7 Å². The van der Waals surface area contributed by atoms with E-state index in [4.69, 9.17) is 10.5 Å². The Morgan fingerprint density at radius 1 is 1.33 bits per heavy atom. The van der Waals surface area contributed by atoms with Gasteiger partial charge >= 0.3 is 0 Å². The van der Waals surface area contributed by atoms with E-state index in [2.05, 4.69) is 10.4 Å². The second-order valence-electron chi connectivity index (χ2n) is 3.56.